The Kier molecular flexibility index (Phi) is 4.55. The maximum absolute atomic E-state index is 11.7. The summed E-state index contributed by atoms with van der Waals surface area (Å²) in [6.07, 6.45) is 0. The summed E-state index contributed by atoms with van der Waals surface area (Å²) >= 11 is 7.75. The lowest BCUT2D eigenvalue weighted by atomic mass is 10.2. The molecule has 0 bridgehead atoms. The molecule has 1 rings (SSSR count). The average molecular weight is 354 g/mol. The molecule has 0 aromatic heterocycles. The molecule has 1 amide bonds. The molecule has 0 aliphatic carbocycles. The molecule has 0 radical (unpaired) electrons. The van der Waals surface area contributed by atoms with Crippen LogP contribution in [-0.4, -0.2) is 23.0 Å². The van der Waals surface area contributed by atoms with Crippen LogP contribution < -0.4 is 5.32 Å². The molecule has 1 atom stereocenters. The smallest absolute Gasteiger partial charge is 0.325 e. The molecule has 1 unspecified atom stereocenters. The highest BCUT2D eigenvalue weighted by molar-refractivity contribution is 14.1. The van der Waals surface area contributed by atoms with Crippen molar-refractivity contribution < 1.29 is 14.7 Å². The number of carbonyl (C=O) groups excluding carboxylic acids is 1. The van der Waals surface area contributed by atoms with Gasteiger partial charge < -0.3 is 10.4 Å². The predicted octanol–water partition coefficient (Wildman–Crippen LogP) is 2.15. The number of aliphatic carboxylic acids is 1. The lowest BCUT2D eigenvalue weighted by Gasteiger charge is -2.10. The highest BCUT2D eigenvalue weighted by Gasteiger charge is 2.17. The standard InChI is InChI=1S/C10H9ClINO3/c1-5(10(15)16)13-9(14)7-4-6(11)2-3-8(7)12/h2-5H,1H3,(H,13,14)(H,15,16). The molecule has 0 saturated carbocycles. The summed E-state index contributed by atoms with van der Waals surface area (Å²) in [4.78, 5) is 22.3. The number of benzene rings is 1. The Labute approximate surface area is 111 Å². The number of halogens is 2. The Morgan fingerprint density at radius 2 is 2.12 bits per heavy atom. The summed E-state index contributed by atoms with van der Waals surface area (Å²) in [5.41, 5.74) is 0.376. The zero-order chi connectivity index (χ0) is 12.3. The van der Waals surface area contributed by atoms with E-state index >= 15 is 0 Å². The van der Waals surface area contributed by atoms with E-state index in [4.69, 9.17) is 16.7 Å². The molecule has 0 heterocycles. The van der Waals surface area contributed by atoms with Crippen LogP contribution in [0.2, 0.25) is 5.02 Å². The molecule has 0 aliphatic heterocycles. The molecule has 1 aromatic carbocycles. The second kappa shape index (κ2) is 5.49. The van der Waals surface area contributed by atoms with Gasteiger partial charge in [-0.2, -0.15) is 0 Å². The fourth-order valence-electron chi connectivity index (χ4n) is 1.01. The molecule has 0 fully saturated rings. The van der Waals surface area contributed by atoms with Gasteiger partial charge in [-0.1, -0.05) is 11.6 Å². The minimum atomic E-state index is -1.08. The second-order valence-corrected chi connectivity index (χ2v) is 4.76. The number of carboxylic acid groups (broad SMARTS) is 1. The van der Waals surface area contributed by atoms with E-state index in [2.05, 4.69) is 5.32 Å². The number of hydrogen-bond donors (Lipinski definition) is 2. The Hall–Kier alpha value is -0.820. The predicted molar refractivity (Wildman–Crippen MR) is 68.7 cm³/mol. The quantitative estimate of drug-likeness (QED) is 0.818. The Morgan fingerprint density at radius 3 is 2.69 bits per heavy atom. The van der Waals surface area contributed by atoms with E-state index in [-0.39, 0.29) is 0 Å². The van der Waals surface area contributed by atoms with Crippen molar-refractivity contribution in [2.24, 2.45) is 0 Å². The molecular weight excluding hydrogens is 344 g/mol. The van der Waals surface area contributed by atoms with Crippen molar-refractivity contribution >= 4 is 46.1 Å². The zero-order valence-electron chi connectivity index (χ0n) is 8.33. The molecule has 1 aromatic rings. The lowest BCUT2D eigenvalue weighted by molar-refractivity contribution is -0.138. The number of carboxylic acids is 1. The Morgan fingerprint density at radius 1 is 1.50 bits per heavy atom. The van der Waals surface area contributed by atoms with Gasteiger partial charge in [-0.3, -0.25) is 9.59 Å². The molecule has 6 heteroatoms. The highest BCUT2D eigenvalue weighted by Crippen LogP contribution is 2.17. The van der Waals surface area contributed by atoms with Crippen molar-refractivity contribution in [3.63, 3.8) is 0 Å². The minimum absolute atomic E-state index is 0.376. The first-order valence-corrected chi connectivity index (χ1v) is 5.86. The van der Waals surface area contributed by atoms with Crippen LogP contribution in [0, 0.1) is 3.57 Å². The first kappa shape index (κ1) is 13.2. The third-order valence-corrected chi connectivity index (χ3v) is 3.07. The van der Waals surface area contributed by atoms with Gasteiger partial charge in [0.1, 0.15) is 6.04 Å². The summed E-state index contributed by atoms with van der Waals surface area (Å²) in [6, 6.07) is 3.94. The van der Waals surface area contributed by atoms with Gasteiger partial charge in [0.25, 0.3) is 5.91 Å². The van der Waals surface area contributed by atoms with Gasteiger partial charge in [0.15, 0.2) is 0 Å². The van der Waals surface area contributed by atoms with Crippen molar-refractivity contribution in [1.82, 2.24) is 5.32 Å². The Balaban J connectivity index is 2.88. The minimum Gasteiger partial charge on any atom is -0.480 e. The average Bonchev–Trinajstić information content (AvgIpc) is 2.21. The van der Waals surface area contributed by atoms with Gasteiger partial charge in [0, 0.05) is 8.59 Å². The van der Waals surface area contributed by atoms with Crippen LogP contribution in [-0.2, 0) is 4.79 Å². The Bertz CT molecular complexity index is 436. The second-order valence-electron chi connectivity index (χ2n) is 3.16. The van der Waals surface area contributed by atoms with Gasteiger partial charge in [-0.15, -0.1) is 0 Å². The molecule has 0 saturated heterocycles. The van der Waals surface area contributed by atoms with Crippen LogP contribution >= 0.6 is 34.2 Å². The molecule has 2 N–H and O–H groups in total. The monoisotopic (exact) mass is 353 g/mol. The van der Waals surface area contributed by atoms with E-state index in [1.165, 1.54) is 13.0 Å². The summed E-state index contributed by atoms with van der Waals surface area (Å²) in [5, 5.41) is 11.5. The van der Waals surface area contributed by atoms with E-state index in [0.29, 0.717) is 10.6 Å². The number of rotatable bonds is 3. The van der Waals surface area contributed by atoms with E-state index in [1.54, 1.807) is 12.1 Å². The third kappa shape index (κ3) is 3.34. The van der Waals surface area contributed by atoms with Crippen LogP contribution in [0.1, 0.15) is 17.3 Å². The van der Waals surface area contributed by atoms with Crippen molar-refractivity contribution in [1.29, 1.82) is 0 Å². The van der Waals surface area contributed by atoms with Crippen molar-refractivity contribution in [2.75, 3.05) is 0 Å². The number of amides is 1. The fourth-order valence-corrected chi connectivity index (χ4v) is 1.76. The normalized spacial score (nSPS) is 11.9. The molecule has 86 valence electrons. The fraction of sp³-hybridized carbons (Fsp3) is 0.200. The topological polar surface area (TPSA) is 66.4 Å². The summed E-state index contributed by atoms with van der Waals surface area (Å²) < 4.78 is 0.720. The lowest BCUT2D eigenvalue weighted by Crippen LogP contribution is -2.38. The first-order valence-electron chi connectivity index (χ1n) is 4.40. The van der Waals surface area contributed by atoms with E-state index in [1.807, 2.05) is 22.6 Å². The van der Waals surface area contributed by atoms with Gasteiger partial charge in [0.05, 0.1) is 5.56 Å². The number of carbonyl (C=O) groups is 2. The summed E-state index contributed by atoms with van der Waals surface area (Å²) in [6.45, 7) is 1.40. The van der Waals surface area contributed by atoms with E-state index < -0.39 is 17.9 Å². The van der Waals surface area contributed by atoms with E-state index in [9.17, 15) is 9.59 Å². The van der Waals surface area contributed by atoms with Crippen LogP contribution in [0.15, 0.2) is 18.2 Å². The van der Waals surface area contributed by atoms with Gasteiger partial charge in [-0.25, -0.2) is 0 Å². The maximum atomic E-state index is 11.7. The summed E-state index contributed by atoms with van der Waals surface area (Å²) in [5.74, 6) is -1.52. The molecule has 0 spiro atoms. The summed E-state index contributed by atoms with van der Waals surface area (Å²) in [7, 11) is 0. The maximum Gasteiger partial charge on any atom is 0.325 e. The van der Waals surface area contributed by atoms with Crippen molar-refractivity contribution in [3.05, 3.63) is 32.4 Å². The number of nitrogens with one attached hydrogen (secondary N) is 1. The molecule has 16 heavy (non-hydrogen) atoms. The largest absolute Gasteiger partial charge is 0.480 e. The van der Waals surface area contributed by atoms with Crippen LogP contribution in [0.5, 0.6) is 0 Å². The van der Waals surface area contributed by atoms with Crippen LogP contribution in [0.25, 0.3) is 0 Å². The molecule has 4 nitrogen and oxygen atoms in total. The number of hydrogen-bond acceptors (Lipinski definition) is 2. The highest BCUT2D eigenvalue weighted by atomic mass is 127. The first-order chi connectivity index (χ1) is 7.41. The van der Waals surface area contributed by atoms with Crippen LogP contribution in [0.3, 0.4) is 0 Å². The van der Waals surface area contributed by atoms with Gasteiger partial charge in [0.2, 0.25) is 0 Å². The van der Waals surface area contributed by atoms with Crippen molar-refractivity contribution in [3.8, 4) is 0 Å². The van der Waals surface area contributed by atoms with Gasteiger partial charge >= 0.3 is 5.97 Å². The molecular formula is C10H9ClINO3. The third-order valence-electron chi connectivity index (χ3n) is 1.89. The molecule has 0 aliphatic rings. The van der Waals surface area contributed by atoms with Crippen LogP contribution in [0.4, 0.5) is 0 Å². The SMILES string of the molecule is CC(NC(=O)c1cc(Cl)ccc1I)C(=O)O. The zero-order valence-corrected chi connectivity index (χ0v) is 11.2. The van der Waals surface area contributed by atoms with E-state index in [0.717, 1.165) is 3.57 Å². The van der Waals surface area contributed by atoms with Gasteiger partial charge in [-0.05, 0) is 47.7 Å². The van der Waals surface area contributed by atoms with Crippen molar-refractivity contribution in [2.45, 2.75) is 13.0 Å².